The maximum absolute atomic E-state index is 13.0. The summed E-state index contributed by atoms with van der Waals surface area (Å²) in [4.78, 5) is 24.3. The molecule has 1 amide bonds. The molecule has 120 valence electrons. The topological polar surface area (TPSA) is 87.1 Å². The van der Waals surface area contributed by atoms with Gasteiger partial charge in [0.1, 0.15) is 11.6 Å². The number of hydrogen-bond acceptors (Lipinski definition) is 4. The lowest BCUT2D eigenvalue weighted by molar-refractivity contribution is -0.165. The van der Waals surface area contributed by atoms with Crippen molar-refractivity contribution in [1.82, 2.24) is 4.90 Å². The first kappa shape index (κ1) is 16.5. The van der Waals surface area contributed by atoms with Crippen LogP contribution in [-0.4, -0.2) is 52.3 Å². The van der Waals surface area contributed by atoms with Gasteiger partial charge in [-0.2, -0.15) is 0 Å². The second-order valence-electron chi connectivity index (χ2n) is 5.08. The third kappa shape index (κ3) is 3.66. The van der Waals surface area contributed by atoms with Crippen LogP contribution in [0.5, 0.6) is 5.75 Å². The quantitative estimate of drug-likeness (QED) is 0.868. The van der Waals surface area contributed by atoms with Gasteiger partial charge in [0.05, 0.1) is 5.02 Å². The molecule has 0 bridgehead atoms. The molecule has 1 saturated heterocycles. The van der Waals surface area contributed by atoms with Crippen LogP contribution in [0.3, 0.4) is 0 Å². The van der Waals surface area contributed by atoms with Crippen molar-refractivity contribution < 1.29 is 28.9 Å². The van der Waals surface area contributed by atoms with E-state index < -0.39 is 17.4 Å². The second-order valence-corrected chi connectivity index (χ2v) is 5.49. The van der Waals surface area contributed by atoms with Gasteiger partial charge >= 0.3 is 5.97 Å². The average molecular weight is 332 g/mol. The fourth-order valence-electron chi connectivity index (χ4n) is 2.14. The van der Waals surface area contributed by atoms with Gasteiger partial charge in [-0.1, -0.05) is 11.6 Å². The number of amides is 1. The number of piperidine rings is 1. The largest absolute Gasteiger partial charge is 0.484 e. The molecule has 6 nitrogen and oxygen atoms in total. The molecule has 1 fully saturated rings. The highest BCUT2D eigenvalue weighted by Gasteiger charge is 2.40. The molecule has 1 aromatic rings. The van der Waals surface area contributed by atoms with Crippen molar-refractivity contribution in [3.63, 3.8) is 0 Å². The molecule has 1 aliphatic rings. The number of carboxylic acids is 1. The first-order valence-corrected chi connectivity index (χ1v) is 7.01. The van der Waals surface area contributed by atoms with E-state index in [0.29, 0.717) is 0 Å². The Bertz CT molecular complexity index is 587. The molecule has 0 spiro atoms. The van der Waals surface area contributed by atoms with Crippen molar-refractivity contribution in [3.05, 3.63) is 29.0 Å². The molecule has 2 N–H and O–H groups in total. The summed E-state index contributed by atoms with van der Waals surface area (Å²) in [6.45, 7) is -0.00219. The molecule has 8 heteroatoms. The maximum Gasteiger partial charge on any atom is 0.335 e. The minimum atomic E-state index is -1.78. The predicted octanol–water partition coefficient (Wildman–Crippen LogP) is 1.30. The fraction of sp³-hybridized carbons (Fsp3) is 0.429. The SMILES string of the molecule is O=C(COc1ccc(F)c(Cl)c1)N1CCC(O)(C(=O)O)CC1. The summed E-state index contributed by atoms with van der Waals surface area (Å²) < 4.78 is 18.2. The highest BCUT2D eigenvalue weighted by atomic mass is 35.5. The Hall–Kier alpha value is -1.86. The van der Waals surface area contributed by atoms with Crippen LogP contribution in [0, 0.1) is 5.82 Å². The van der Waals surface area contributed by atoms with E-state index in [2.05, 4.69) is 0 Å². The molecular formula is C14H15ClFNO5. The van der Waals surface area contributed by atoms with Gasteiger partial charge in [-0.05, 0) is 12.1 Å². The first-order valence-electron chi connectivity index (χ1n) is 6.63. The van der Waals surface area contributed by atoms with Crippen LogP contribution < -0.4 is 4.74 Å². The number of aliphatic carboxylic acids is 1. The highest BCUT2D eigenvalue weighted by molar-refractivity contribution is 6.30. The molecule has 0 atom stereocenters. The Labute approximate surface area is 131 Å². The van der Waals surface area contributed by atoms with E-state index in [1.807, 2.05) is 0 Å². The van der Waals surface area contributed by atoms with Crippen molar-refractivity contribution in [1.29, 1.82) is 0 Å². The summed E-state index contributed by atoms with van der Waals surface area (Å²) in [7, 11) is 0. The normalized spacial score (nSPS) is 17.1. The molecule has 0 aliphatic carbocycles. The lowest BCUT2D eigenvalue weighted by Gasteiger charge is -2.35. The Balaban J connectivity index is 1.86. The number of ether oxygens (including phenoxy) is 1. The van der Waals surface area contributed by atoms with Gasteiger partial charge in [0, 0.05) is 32.0 Å². The standard InChI is InChI=1S/C14H15ClFNO5/c15-10-7-9(1-2-11(10)16)22-8-12(18)17-5-3-14(21,4-6-17)13(19)20/h1-2,7,21H,3-6,8H2,(H,19,20). The Morgan fingerprint density at radius 1 is 1.36 bits per heavy atom. The maximum atomic E-state index is 13.0. The summed E-state index contributed by atoms with van der Waals surface area (Å²) in [5.74, 6) is -1.94. The van der Waals surface area contributed by atoms with E-state index in [1.165, 1.54) is 17.0 Å². The number of halogens is 2. The molecule has 0 aromatic heterocycles. The number of rotatable bonds is 4. The van der Waals surface area contributed by atoms with Gasteiger partial charge in [0.2, 0.25) is 0 Å². The second kappa shape index (κ2) is 6.50. The molecule has 1 aromatic carbocycles. The minimum absolute atomic E-state index is 0.0313. The Morgan fingerprint density at radius 2 is 2.00 bits per heavy atom. The van der Waals surface area contributed by atoms with Gasteiger partial charge in [0.25, 0.3) is 5.91 Å². The van der Waals surface area contributed by atoms with Crippen LogP contribution in [-0.2, 0) is 9.59 Å². The Kier molecular flexibility index (Phi) is 4.87. The highest BCUT2D eigenvalue weighted by Crippen LogP contribution is 2.23. The number of carbonyl (C=O) groups is 2. The predicted molar refractivity (Wildman–Crippen MR) is 75.3 cm³/mol. The molecule has 1 heterocycles. The number of aliphatic hydroxyl groups is 1. The average Bonchev–Trinajstić information content (AvgIpc) is 2.49. The first-order chi connectivity index (χ1) is 10.3. The van der Waals surface area contributed by atoms with Gasteiger partial charge in [-0.3, -0.25) is 4.79 Å². The third-order valence-electron chi connectivity index (χ3n) is 3.59. The molecule has 2 rings (SSSR count). The molecular weight excluding hydrogens is 317 g/mol. The summed E-state index contributed by atoms with van der Waals surface area (Å²) in [5.41, 5.74) is -1.78. The van der Waals surface area contributed by atoms with Gasteiger partial charge in [0.15, 0.2) is 12.2 Å². The van der Waals surface area contributed by atoms with Gasteiger partial charge in [-0.25, -0.2) is 9.18 Å². The fourth-order valence-corrected chi connectivity index (χ4v) is 2.31. The van der Waals surface area contributed by atoms with Crippen molar-refractivity contribution in [3.8, 4) is 5.75 Å². The third-order valence-corrected chi connectivity index (χ3v) is 3.88. The number of carboxylic acid groups (broad SMARTS) is 1. The van der Waals surface area contributed by atoms with Gasteiger partial charge < -0.3 is 19.8 Å². The van der Waals surface area contributed by atoms with Crippen molar-refractivity contribution in [2.45, 2.75) is 18.4 Å². The van der Waals surface area contributed by atoms with E-state index in [1.54, 1.807) is 0 Å². The van der Waals surface area contributed by atoms with E-state index in [4.69, 9.17) is 21.4 Å². The number of likely N-dealkylation sites (tertiary alicyclic amines) is 1. The molecule has 0 radical (unpaired) electrons. The lowest BCUT2D eigenvalue weighted by atomic mass is 9.92. The van der Waals surface area contributed by atoms with E-state index in [0.717, 1.165) is 6.07 Å². The summed E-state index contributed by atoms with van der Waals surface area (Å²) in [6.07, 6.45) is -0.0626. The lowest BCUT2D eigenvalue weighted by Crippen LogP contribution is -2.51. The number of carbonyl (C=O) groups excluding carboxylic acids is 1. The van der Waals surface area contributed by atoms with Gasteiger partial charge in [-0.15, -0.1) is 0 Å². The number of nitrogens with zero attached hydrogens (tertiary/aromatic N) is 1. The van der Waals surface area contributed by atoms with E-state index in [9.17, 15) is 19.1 Å². The zero-order chi connectivity index (χ0) is 16.3. The van der Waals surface area contributed by atoms with Crippen LogP contribution in [0.1, 0.15) is 12.8 Å². The van der Waals surface area contributed by atoms with Crippen LogP contribution in [0.15, 0.2) is 18.2 Å². The van der Waals surface area contributed by atoms with Crippen molar-refractivity contribution in [2.75, 3.05) is 19.7 Å². The van der Waals surface area contributed by atoms with Crippen LogP contribution in [0.25, 0.3) is 0 Å². The van der Waals surface area contributed by atoms with Crippen LogP contribution >= 0.6 is 11.6 Å². The Morgan fingerprint density at radius 3 is 2.55 bits per heavy atom. The van der Waals surface area contributed by atoms with Crippen LogP contribution in [0.2, 0.25) is 5.02 Å². The summed E-state index contributed by atoms with van der Waals surface area (Å²) >= 11 is 5.61. The molecule has 1 aliphatic heterocycles. The van der Waals surface area contributed by atoms with Crippen LogP contribution in [0.4, 0.5) is 4.39 Å². The van der Waals surface area contributed by atoms with E-state index >= 15 is 0 Å². The van der Waals surface area contributed by atoms with E-state index in [-0.39, 0.29) is 49.2 Å². The number of benzene rings is 1. The summed E-state index contributed by atoms with van der Waals surface area (Å²) in [5, 5.41) is 18.6. The molecule has 0 saturated carbocycles. The van der Waals surface area contributed by atoms with Crippen molar-refractivity contribution in [2.24, 2.45) is 0 Å². The minimum Gasteiger partial charge on any atom is -0.484 e. The van der Waals surface area contributed by atoms with Crippen molar-refractivity contribution >= 4 is 23.5 Å². The zero-order valence-electron chi connectivity index (χ0n) is 11.6. The number of hydrogen-bond donors (Lipinski definition) is 2. The molecule has 22 heavy (non-hydrogen) atoms. The smallest absolute Gasteiger partial charge is 0.335 e. The summed E-state index contributed by atoms with van der Waals surface area (Å²) in [6, 6.07) is 3.76. The monoisotopic (exact) mass is 331 g/mol. The zero-order valence-corrected chi connectivity index (χ0v) is 12.3. The molecule has 0 unspecified atom stereocenters.